The van der Waals surface area contributed by atoms with Gasteiger partial charge in [0, 0.05) is 29.7 Å². The lowest BCUT2D eigenvalue weighted by atomic mass is 9.89. The van der Waals surface area contributed by atoms with Crippen LogP contribution in [0.2, 0.25) is 4.34 Å². The van der Waals surface area contributed by atoms with Crippen molar-refractivity contribution in [2.45, 2.75) is 25.3 Å². The van der Waals surface area contributed by atoms with Crippen LogP contribution in [0.4, 0.5) is 0 Å². The normalized spacial score (nSPS) is 16.1. The molecular weight excluding hydrogens is 380 g/mol. The van der Waals surface area contributed by atoms with Crippen LogP contribution < -0.4 is 0 Å². The van der Waals surface area contributed by atoms with Crippen molar-refractivity contribution in [1.82, 2.24) is 19.8 Å². The van der Waals surface area contributed by atoms with E-state index in [2.05, 4.69) is 27.1 Å². The Morgan fingerprint density at radius 1 is 1.37 bits per heavy atom. The van der Waals surface area contributed by atoms with Gasteiger partial charge in [-0.1, -0.05) is 11.6 Å². The zero-order valence-corrected chi connectivity index (χ0v) is 16.9. The number of amides is 1. The Bertz CT molecular complexity index is 929. The maximum atomic E-state index is 12.6. The van der Waals surface area contributed by atoms with Gasteiger partial charge in [0.05, 0.1) is 17.4 Å². The molecule has 1 fully saturated rings. The van der Waals surface area contributed by atoms with E-state index < -0.39 is 0 Å². The molecule has 0 bridgehead atoms. The molecule has 3 aromatic heterocycles. The van der Waals surface area contributed by atoms with E-state index in [-0.39, 0.29) is 5.91 Å². The number of rotatable bonds is 5. The minimum Gasteiger partial charge on any atom is -0.346 e. The first kappa shape index (κ1) is 18.5. The zero-order valence-electron chi connectivity index (χ0n) is 15.3. The van der Waals surface area contributed by atoms with Gasteiger partial charge >= 0.3 is 0 Å². The van der Waals surface area contributed by atoms with Crippen LogP contribution in [0.3, 0.4) is 0 Å². The molecule has 5 nitrogen and oxygen atoms in total. The number of thiophene rings is 1. The number of carbonyl (C=O) groups excluding carboxylic acids is 1. The number of likely N-dealkylation sites (N-methyl/N-ethyl adjacent to an activating group) is 1. The van der Waals surface area contributed by atoms with Crippen LogP contribution in [-0.4, -0.2) is 52.4 Å². The number of likely N-dealkylation sites (tertiary alicyclic amines) is 1. The van der Waals surface area contributed by atoms with E-state index in [0.717, 1.165) is 40.8 Å². The molecule has 27 heavy (non-hydrogen) atoms. The van der Waals surface area contributed by atoms with Gasteiger partial charge in [-0.3, -0.25) is 9.69 Å². The second-order valence-electron chi connectivity index (χ2n) is 7.15. The number of fused-ring (bicyclic) bond motifs is 1. The Kier molecular flexibility index (Phi) is 5.48. The van der Waals surface area contributed by atoms with Gasteiger partial charge in [-0.2, -0.15) is 0 Å². The molecule has 0 spiro atoms. The Labute approximate surface area is 168 Å². The summed E-state index contributed by atoms with van der Waals surface area (Å²) in [5.41, 5.74) is 2.32. The third kappa shape index (κ3) is 4.18. The van der Waals surface area contributed by atoms with Crippen LogP contribution in [0.5, 0.6) is 0 Å². The number of aromatic nitrogens is 2. The van der Waals surface area contributed by atoms with Crippen LogP contribution in [0.15, 0.2) is 36.7 Å². The predicted molar refractivity (Wildman–Crippen MR) is 110 cm³/mol. The highest BCUT2D eigenvalue weighted by molar-refractivity contribution is 7.16. The minimum absolute atomic E-state index is 0.161. The molecule has 142 valence electrons. The molecule has 1 saturated heterocycles. The molecule has 7 heteroatoms. The van der Waals surface area contributed by atoms with Gasteiger partial charge in [-0.25, -0.2) is 4.98 Å². The highest BCUT2D eigenvalue weighted by atomic mass is 35.5. The Morgan fingerprint density at radius 2 is 2.19 bits per heavy atom. The molecule has 0 radical (unpaired) electrons. The number of aromatic amines is 1. The molecule has 1 aliphatic heterocycles. The summed E-state index contributed by atoms with van der Waals surface area (Å²) in [6.07, 6.45) is 6.05. The van der Waals surface area contributed by atoms with Gasteiger partial charge in [0.15, 0.2) is 0 Å². The standard InChI is InChI=1S/C20H23ClN4OS/c1-24(12-15-4-5-18(21)27-15)19(26)13-25-9-6-14(7-10-25)17-11-23-20-16(17)3-2-8-22-20/h2-5,8,11,14H,6-7,9-10,12-13H2,1H3,(H,22,23). The molecule has 0 saturated carbocycles. The third-order valence-corrected chi connectivity index (χ3v) is 6.53. The van der Waals surface area contributed by atoms with Crippen molar-refractivity contribution < 1.29 is 4.79 Å². The lowest BCUT2D eigenvalue weighted by molar-refractivity contribution is -0.131. The smallest absolute Gasteiger partial charge is 0.236 e. The van der Waals surface area contributed by atoms with Gasteiger partial charge in [0.25, 0.3) is 0 Å². The van der Waals surface area contributed by atoms with E-state index in [9.17, 15) is 4.79 Å². The first-order valence-corrected chi connectivity index (χ1v) is 10.4. The fraction of sp³-hybridized carbons (Fsp3) is 0.400. The van der Waals surface area contributed by atoms with Crippen LogP contribution >= 0.6 is 22.9 Å². The predicted octanol–water partition coefficient (Wildman–Crippen LogP) is 4.12. The summed E-state index contributed by atoms with van der Waals surface area (Å²) in [5, 5.41) is 1.22. The summed E-state index contributed by atoms with van der Waals surface area (Å²) in [7, 11) is 1.86. The number of piperidine rings is 1. The number of pyridine rings is 1. The molecule has 0 unspecified atom stereocenters. The molecule has 0 atom stereocenters. The summed E-state index contributed by atoms with van der Waals surface area (Å²) in [4.78, 5) is 25.4. The molecule has 1 aliphatic rings. The van der Waals surface area contributed by atoms with Crippen molar-refractivity contribution >= 4 is 39.9 Å². The summed E-state index contributed by atoms with van der Waals surface area (Å²) in [6, 6.07) is 7.99. The Morgan fingerprint density at radius 3 is 2.93 bits per heavy atom. The molecule has 4 heterocycles. The second-order valence-corrected chi connectivity index (χ2v) is 8.95. The average Bonchev–Trinajstić information content (AvgIpc) is 3.28. The molecule has 0 aliphatic carbocycles. The van der Waals surface area contributed by atoms with E-state index >= 15 is 0 Å². The van der Waals surface area contributed by atoms with E-state index in [1.807, 2.05) is 31.4 Å². The highest BCUT2D eigenvalue weighted by Crippen LogP contribution is 2.32. The quantitative estimate of drug-likeness (QED) is 0.698. The lowest BCUT2D eigenvalue weighted by Gasteiger charge is -2.32. The van der Waals surface area contributed by atoms with Crippen molar-refractivity contribution in [1.29, 1.82) is 0 Å². The fourth-order valence-electron chi connectivity index (χ4n) is 3.79. The Balaban J connectivity index is 1.30. The summed E-state index contributed by atoms with van der Waals surface area (Å²) >= 11 is 7.50. The van der Waals surface area contributed by atoms with E-state index in [0.29, 0.717) is 19.0 Å². The number of halogens is 1. The van der Waals surface area contributed by atoms with Gasteiger partial charge in [-0.05, 0) is 61.7 Å². The summed E-state index contributed by atoms with van der Waals surface area (Å²) in [6.45, 7) is 3.00. The maximum Gasteiger partial charge on any atom is 0.236 e. The first-order valence-electron chi connectivity index (χ1n) is 9.22. The number of nitrogens with zero attached hydrogens (tertiary/aromatic N) is 3. The van der Waals surface area contributed by atoms with Crippen molar-refractivity contribution in [2.24, 2.45) is 0 Å². The third-order valence-electron chi connectivity index (χ3n) is 5.32. The number of carbonyl (C=O) groups is 1. The molecule has 1 N–H and O–H groups in total. The average molecular weight is 403 g/mol. The minimum atomic E-state index is 0.161. The first-order chi connectivity index (χ1) is 13.1. The van der Waals surface area contributed by atoms with Gasteiger partial charge < -0.3 is 9.88 Å². The van der Waals surface area contributed by atoms with Crippen molar-refractivity contribution in [2.75, 3.05) is 26.7 Å². The molecule has 1 amide bonds. The van der Waals surface area contributed by atoms with Crippen molar-refractivity contribution in [3.05, 3.63) is 51.4 Å². The monoisotopic (exact) mass is 402 g/mol. The maximum absolute atomic E-state index is 12.6. The van der Waals surface area contributed by atoms with E-state index in [1.54, 1.807) is 4.90 Å². The zero-order chi connectivity index (χ0) is 18.8. The van der Waals surface area contributed by atoms with Crippen LogP contribution in [0, 0.1) is 0 Å². The topological polar surface area (TPSA) is 52.2 Å². The fourth-order valence-corrected chi connectivity index (χ4v) is 4.93. The van der Waals surface area contributed by atoms with Crippen LogP contribution in [0.25, 0.3) is 11.0 Å². The molecule has 3 aromatic rings. The summed E-state index contributed by atoms with van der Waals surface area (Å²) < 4.78 is 0.764. The van der Waals surface area contributed by atoms with Crippen molar-refractivity contribution in [3.8, 4) is 0 Å². The summed E-state index contributed by atoms with van der Waals surface area (Å²) in [5.74, 6) is 0.689. The molecular formula is C20H23ClN4OS. The van der Waals surface area contributed by atoms with Gasteiger partial charge in [0.2, 0.25) is 5.91 Å². The number of hydrogen-bond acceptors (Lipinski definition) is 4. The van der Waals surface area contributed by atoms with Gasteiger partial charge in [0.1, 0.15) is 5.65 Å². The van der Waals surface area contributed by atoms with E-state index in [1.165, 1.54) is 22.3 Å². The number of nitrogens with one attached hydrogen (secondary N) is 1. The largest absolute Gasteiger partial charge is 0.346 e. The van der Waals surface area contributed by atoms with Crippen LogP contribution in [-0.2, 0) is 11.3 Å². The molecule has 4 rings (SSSR count). The number of hydrogen-bond donors (Lipinski definition) is 1. The number of H-pyrrole nitrogens is 1. The van der Waals surface area contributed by atoms with Crippen LogP contribution in [0.1, 0.15) is 29.2 Å². The SMILES string of the molecule is CN(Cc1ccc(Cl)s1)C(=O)CN1CCC(c2c[nH]c3ncccc23)CC1. The molecule has 0 aromatic carbocycles. The van der Waals surface area contributed by atoms with E-state index in [4.69, 9.17) is 11.6 Å². The lowest BCUT2D eigenvalue weighted by Crippen LogP contribution is -2.41. The highest BCUT2D eigenvalue weighted by Gasteiger charge is 2.25. The second kappa shape index (κ2) is 8.00. The van der Waals surface area contributed by atoms with Crippen molar-refractivity contribution in [3.63, 3.8) is 0 Å². The Hall–Kier alpha value is -1.89. The van der Waals surface area contributed by atoms with Gasteiger partial charge in [-0.15, -0.1) is 11.3 Å².